The molecule has 0 aromatic heterocycles. The number of rotatable bonds is 6. The van der Waals surface area contributed by atoms with Crippen molar-refractivity contribution in [2.75, 3.05) is 20.2 Å². The molecule has 90 valence electrons. The van der Waals surface area contributed by atoms with E-state index >= 15 is 0 Å². The highest BCUT2D eigenvalue weighted by molar-refractivity contribution is 6.30. The van der Waals surface area contributed by atoms with Gasteiger partial charge in [0.1, 0.15) is 5.38 Å². The number of carbonyl (C=O) groups excluding carboxylic acids is 1. The van der Waals surface area contributed by atoms with Gasteiger partial charge >= 0.3 is 12.1 Å². The summed E-state index contributed by atoms with van der Waals surface area (Å²) in [5.41, 5.74) is 0. The van der Waals surface area contributed by atoms with Crippen molar-refractivity contribution in [3.05, 3.63) is 0 Å². The predicted octanol–water partition coefficient (Wildman–Crippen LogP) is 1.70. The van der Waals surface area contributed by atoms with Crippen molar-refractivity contribution in [1.82, 2.24) is 5.32 Å². The number of carbonyl (C=O) groups is 1. The Morgan fingerprint density at radius 3 is 2.60 bits per heavy atom. The van der Waals surface area contributed by atoms with E-state index in [1.54, 1.807) is 0 Å². The van der Waals surface area contributed by atoms with Crippen molar-refractivity contribution in [1.29, 1.82) is 0 Å². The number of methoxy groups -OCH3 is 1. The Kier molecular flexibility index (Phi) is 6.67. The van der Waals surface area contributed by atoms with Crippen molar-refractivity contribution in [3.8, 4) is 0 Å². The van der Waals surface area contributed by atoms with Crippen LogP contribution in [0, 0.1) is 0 Å². The van der Waals surface area contributed by atoms with Gasteiger partial charge in [0.2, 0.25) is 0 Å². The van der Waals surface area contributed by atoms with Crippen LogP contribution in [0.2, 0.25) is 0 Å². The minimum absolute atomic E-state index is 0.0335. The van der Waals surface area contributed by atoms with Gasteiger partial charge in [-0.25, -0.2) is 0 Å². The van der Waals surface area contributed by atoms with E-state index in [0.29, 0.717) is 0 Å². The summed E-state index contributed by atoms with van der Waals surface area (Å²) in [6.45, 7) is 0.270. The van der Waals surface area contributed by atoms with Crippen molar-refractivity contribution >= 4 is 17.6 Å². The van der Waals surface area contributed by atoms with E-state index in [4.69, 9.17) is 11.6 Å². The van der Waals surface area contributed by atoms with Crippen LogP contribution < -0.4 is 5.32 Å². The molecule has 0 aliphatic carbocycles. The van der Waals surface area contributed by atoms with Crippen LogP contribution in [0.1, 0.15) is 12.8 Å². The molecule has 1 N–H and O–H groups in total. The number of alkyl halides is 4. The molecular formula is C8H13ClF3NO2. The summed E-state index contributed by atoms with van der Waals surface area (Å²) >= 11 is 5.54. The summed E-state index contributed by atoms with van der Waals surface area (Å²) in [5, 5.41) is 1.78. The van der Waals surface area contributed by atoms with Crippen molar-refractivity contribution in [2.45, 2.75) is 24.4 Å². The molecule has 0 rings (SSSR count). The molecule has 0 aromatic carbocycles. The minimum Gasteiger partial charge on any atom is -0.468 e. The summed E-state index contributed by atoms with van der Waals surface area (Å²) in [5.74, 6) is -0.597. The molecule has 1 atom stereocenters. The third kappa shape index (κ3) is 8.50. The highest BCUT2D eigenvalue weighted by Crippen LogP contribution is 2.20. The lowest BCUT2D eigenvalue weighted by Gasteiger charge is -2.09. The Hall–Kier alpha value is -0.490. The molecule has 15 heavy (non-hydrogen) atoms. The molecule has 0 bridgehead atoms. The smallest absolute Gasteiger partial charge is 0.389 e. The predicted molar refractivity (Wildman–Crippen MR) is 49.8 cm³/mol. The standard InChI is InChI=1S/C8H13ClF3NO2/c1-15-7(14)6(9)5-13-4-2-3-8(10,11)12/h6,13H,2-5H2,1H3. The van der Waals surface area contributed by atoms with E-state index in [9.17, 15) is 18.0 Å². The summed E-state index contributed by atoms with van der Waals surface area (Å²) < 4.78 is 39.4. The maximum Gasteiger partial charge on any atom is 0.389 e. The number of hydrogen-bond acceptors (Lipinski definition) is 3. The SMILES string of the molecule is COC(=O)C(Cl)CNCCCC(F)(F)F. The fourth-order valence-electron chi connectivity index (χ4n) is 0.854. The first-order valence-electron chi connectivity index (χ1n) is 4.36. The summed E-state index contributed by atoms with van der Waals surface area (Å²) in [7, 11) is 1.20. The Balaban J connectivity index is 3.43. The summed E-state index contributed by atoms with van der Waals surface area (Å²) in [6.07, 6.45) is -5.01. The van der Waals surface area contributed by atoms with Crippen molar-refractivity contribution in [3.63, 3.8) is 0 Å². The van der Waals surface area contributed by atoms with Gasteiger partial charge in [-0.05, 0) is 13.0 Å². The molecule has 0 fully saturated rings. The molecule has 0 heterocycles. The maximum atomic E-state index is 11.7. The highest BCUT2D eigenvalue weighted by atomic mass is 35.5. The molecular weight excluding hydrogens is 235 g/mol. The molecule has 1 unspecified atom stereocenters. The first-order chi connectivity index (χ1) is 6.87. The van der Waals surface area contributed by atoms with Gasteiger partial charge in [0.05, 0.1) is 7.11 Å². The zero-order valence-electron chi connectivity index (χ0n) is 8.23. The van der Waals surface area contributed by atoms with Crippen LogP contribution in [0.5, 0.6) is 0 Å². The second-order valence-corrected chi connectivity index (χ2v) is 3.44. The van der Waals surface area contributed by atoms with Crippen LogP contribution in [0.15, 0.2) is 0 Å². The first-order valence-corrected chi connectivity index (χ1v) is 4.80. The van der Waals surface area contributed by atoms with Gasteiger partial charge in [0.15, 0.2) is 0 Å². The molecule has 0 aliphatic heterocycles. The fraction of sp³-hybridized carbons (Fsp3) is 0.875. The Labute approximate surface area is 90.9 Å². The van der Waals surface area contributed by atoms with Gasteiger partial charge in [-0.2, -0.15) is 13.2 Å². The Bertz CT molecular complexity index is 199. The van der Waals surface area contributed by atoms with E-state index in [0.717, 1.165) is 0 Å². The molecule has 3 nitrogen and oxygen atoms in total. The lowest BCUT2D eigenvalue weighted by molar-refractivity contribution is -0.140. The number of nitrogens with one attached hydrogen (secondary N) is 1. The van der Waals surface area contributed by atoms with Crippen molar-refractivity contribution in [2.24, 2.45) is 0 Å². The number of esters is 1. The molecule has 0 amide bonds. The monoisotopic (exact) mass is 247 g/mol. The second kappa shape index (κ2) is 6.90. The van der Waals surface area contributed by atoms with E-state index in [2.05, 4.69) is 10.1 Å². The van der Waals surface area contributed by atoms with E-state index in [1.807, 2.05) is 0 Å². The van der Waals surface area contributed by atoms with Crippen LogP contribution in [-0.2, 0) is 9.53 Å². The molecule has 0 radical (unpaired) electrons. The third-order valence-corrected chi connectivity index (χ3v) is 1.93. The van der Waals surface area contributed by atoms with Crippen LogP contribution in [0.25, 0.3) is 0 Å². The van der Waals surface area contributed by atoms with Gasteiger partial charge in [-0.1, -0.05) is 0 Å². The minimum atomic E-state index is -4.13. The van der Waals surface area contributed by atoms with E-state index in [-0.39, 0.29) is 19.5 Å². The molecule has 0 saturated carbocycles. The molecule has 0 saturated heterocycles. The van der Waals surface area contributed by atoms with Gasteiger partial charge in [-0.3, -0.25) is 4.79 Å². The quantitative estimate of drug-likeness (QED) is 0.441. The molecule has 0 aromatic rings. The summed E-state index contributed by atoms with van der Waals surface area (Å²) in [4.78, 5) is 10.8. The topological polar surface area (TPSA) is 38.3 Å². The second-order valence-electron chi connectivity index (χ2n) is 2.91. The number of halogens is 4. The lowest BCUT2D eigenvalue weighted by Crippen LogP contribution is -2.31. The highest BCUT2D eigenvalue weighted by Gasteiger charge is 2.25. The molecule has 7 heteroatoms. The Morgan fingerprint density at radius 1 is 1.53 bits per heavy atom. The van der Waals surface area contributed by atoms with Crippen molar-refractivity contribution < 1.29 is 22.7 Å². The normalized spacial score (nSPS) is 13.7. The average molecular weight is 248 g/mol. The third-order valence-electron chi connectivity index (χ3n) is 1.59. The van der Waals surface area contributed by atoms with Gasteiger partial charge < -0.3 is 10.1 Å². The number of hydrogen-bond donors (Lipinski definition) is 1. The largest absolute Gasteiger partial charge is 0.468 e. The molecule has 0 spiro atoms. The average Bonchev–Trinajstić information content (AvgIpc) is 2.14. The fourth-order valence-corrected chi connectivity index (χ4v) is 1.05. The van der Waals surface area contributed by atoms with Gasteiger partial charge in [-0.15, -0.1) is 11.6 Å². The van der Waals surface area contributed by atoms with Crippen LogP contribution in [0.3, 0.4) is 0 Å². The first kappa shape index (κ1) is 14.5. The molecule has 0 aliphatic rings. The lowest BCUT2D eigenvalue weighted by atomic mass is 10.3. The van der Waals surface area contributed by atoms with Crippen LogP contribution in [-0.4, -0.2) is 37.7 Å². The van der Waals surface area contributed by atoms with Crippen LogP contribution >= 0.6 is 11.6 Å². The van der Waals surface area contributed by atoms with Gasteiger partial charge in [0, 0.05) is 13.0 Å². The number of ether oxygens (including phenoxy) is 1. The van der Waals surface area contributed by atoms with E-state index in [1.165, 1.54) is 7.11 Å². The zero-order valence-corrected chi connectivity index (χ0v) is 8.99. The van der Waals surface area contributed by atoms with Gasteiger partial charge in [0.25, 0.3) is 0 Å². The maximum absolute atomic E-state index is 11.7. The van der Waals surface area contributed by atoms with Crippen LogP contribution in [0.4, 0.5) is 13.2 Å². The Morgan fingerprint density at radius 2 is 2.13 bits per heavy atom. The van der Waals surface area contributed by atoms with E-state index < -0.39 is 23.9 Å². The summed E-state index contributed by atoms with van der Waals surface area (Å²) in [6, 6.07) is 0. The zero-order chi connectivity index (χ0) is 11.9.